The molecule has 7 nitrogen and oxygen atoms in total. The fourth-order valence-electron chi connectivity index (χ4n) is 2.74. The molecule has 0 amide bonds. The zero-order valence-corrected chi connectivity index (χ0v) is 12.4. The Bertz CT molecular complexity index is 973. The van der Waals surface area contributed by atoms with Crippen LogP contribution in [0.5, 0.6) is 0 Å². The van der Waals surface area contributed by atoms with Crippen LogP contribution in [-0.4, -0.2) is 36.2 Å². The van der Waals surface area contributed by atoms with E-state index in [0.717, 1.165) is 33.4 Å². The number of hydrogen-bond acceptors (Lipinski definition) is 5. The van der Waals surface area contributed by atoms with Crippen molar-refractivity contribution in [2.45, 2.75) is 12.8 Å². The van der Waals surface area contributed by atoms with Gasteiger partial charge in [-0.25, -0.2) is 15.0 Å². The van der Waals surface area contributed by atoms with Crippen LogP contribution in [0.25, 0.3) is 27.6 Å². The molecule has 116 valence electrons. The minimum absolute atomic E-state index is 0.139. The summed E-state index contributed by atoms with van der Waals surface area (Å²) in [4.78, 5) is 16.4. The molecule has 4 aromatic rings. The number of benzene rings is 1. The molecule has 3 aromatic heterocycles. The third-order valence-electron chi connectivity index (χ3n) is 3.86. The highest BCUT2D eigenvalue weighted by atomic mass is 16.2. The Morgan fingerprint density at radius 3 is 2.96 bits per heavy atom. The highest BCUT2D eigenvalue weighted by molar-refractivity contribution is 6.06. The second-order valence-electron chi connectivity index (χ2n) is 5.40. The molecule has 4 N–H and O–H groups in total. The van der Waals surface area contributed by atoms with Crippen molar-refractivity contribution in [1.82, 2.24) is 24.5 Å². The minimum Gasteiger partial charge on any atom is -0.396 e. The van der Waals surface area contributed by atoms with Gasteiger partial charge in [-0.15, -0.1) is 0 Å². The van der Waals surface area contributed by atoms with E-state index in [1.807, 2.05) is 29.0 Å². The van der Waals surface area contributed by atoms with Gasteiger partial charge < -0.3 is 20.4 Å². The number of aromatic nitrogens is 5. The van der Waals surface area contributed by atoms with Crippen LogP contribution in [-0.2, 0) is 6.42 Å². The number of anilines is 1. The number of nitrogens with zero attached hydrogens (tertiary/aromatic N) is 4. The van der Waals surface area contributed by atoms with E-state index in [0.29, 0.717) is 18.7 Å². The normalized spacial score (nSPS) is 11.5. The number of H-pyrrole nitrogens is 1. The average molecular weight is 308 g/mol. The van der Waals surface area contributed by atoms with Crippen LogP contribution < -0.4 is 5.73 Å². The number of pyridine rings is 1. The number of nitrogens with two attached hydrogens (primary N) is 1. The number of nitrogens with one attached hydrogen (secondary N) is 1. The van der Waals surface area contributed by atoms with Gasteiger partial charge in [-0.1, -0.05) is 0 Å². The molecule has 1 aromatic carbocycles. The van der Waals surface area contributed by atoms with Crippen LogP contribution in [0.3, 0.4) is 0 Å². The van der Waals surface area contributed by atoms with Gasteiger partial charge in [0.05, 0.1) is 11.8 Å². The molecule has 0 unspecified atom stereocenters. The van der Waals surface area contributed by atoms with Gasteiger partial charge in [-0.2, -0.15) is 0 Å². The first-order valence-corrected chi connectivity index (χ1v) is 7.43. The van der Waals surface area contributed by atoms with Gasteiger partial charge >= 0.3 is 0 Å². The van der Waals surface area contributed by atoms with Gasteiger partial charge in [0.25, 0.3) is 0 Å². The van der Waals surface area contributed by atoms with Crippen molar-refractivity contribution in [2.75, 3.05) is 12.3 Å². The van der Waals surface area contributed by atoms with Gasteiger partial charge in [0.1, 0.15) is 22.7 Å². The number of hydrogen-bond donors (Lipinski definition) is 3. The molecule has 0 aliphatic carbocycles. The van der Waals surface area contributed by atoms with Crippen LogP contribution >= 0.6 is 0 Å². The van der Waals surface area contributed by atoms with Gasteiger partial charge in [-0.05, 0) is 24.6 Å². The number of aliphatic hydroxyl groups is 1. The van der Waals surface area contributed by atoms with Crippen LogP contribution in [0.4, 0.5) is 5.82 Å². The molecule has 4 rings (SSSR count). The second kappa shape index (κ2) is 5.36. The van der Waals surface area contributed by atoms with E-state index in [-0.39, 0.29) is 6.61 Å². The molecule has 0 saturated heterocycles. The van der Waals surface area contributed by atoms with E-state index in [2.05, 4.69) is 19.9 Å². The van der Waals surface area contributed by atoms with Crippen molar-refractivity contribution in [3.63, 3.8) is 0 Å². The van der Waals surface area contributed by atoms with Crippen molar-refractivity contribution < 1.29 is 5.11 Å². The summed E-state index contributed by atoms with van der Waals surface area (Å²) in [6.07, 6.45) is 6.70. The standard InChI is InChI=1S/C16H16N6O/c17-16-15-14(20-13(21-15)2-1-7-23)11-4-3-10(8-12(11)19-16)22-6-5-18-9-22/h3-6,8-9,23H,1-2,7H2,(H2,17,19)(H,20,21). The lowest BCUT2D eigenvalue weighted by atomic mass is 10.1. The van der Waals surface area contributed by atoms with E-state index in [4.69, 9.17) is 10.8 Å². The van der Waals surface area contributed by atoms with Gasteiger partial charge in [-0.3, -0.25) is 0 Å². The van der Waals surface area contributed by atoms with Crippen molar-refractivity contribution in [3.05, 3.63) is 42.7 Å². The molecule has 0 saturated carbocycles. The number of aryl methyl sites for hydroxylation is 1. The number of aromatic amines is 1. The van der Waals surface area contributed by atoms with E-state index < -0.39 is 0 Å². The molecule has 3 heterocycles. The highest BCUT2D eigenvalue weighted by Crippen LogP contribution is 2.27. The van der Waals surface area contributed by atoms with Crippen LogP contribution in [0.1, 0.15) is 12.2 Å². The van der Waals surface area contributed by atoms with Crippen molar-refractivity contribution >= 4 is 27.8 Å². The van der Waals surface area contributed by atoms with Crippen LogP contribution in [0.2, 0.25) is 0 Å². The third kappa shape index (κ3) is 2.31. The van der Waals surface area contributed by atoms with E-state index in [1.165, 1.54) is 0 Å². The van der Waals surface area contributed by atoms with Crippen LogP contribution in [0, 0.1) is 0 Å². The SMILES string of the molecule is Nc1nc2cc(-n3ccnc3)ccc2c2nc(CCCO)[nH]c12. The third-order valence-corrected chi connectivity index (χ3v) is 3.86. The summed E-state index contributed by atoms with van der Waals surface area (Å²) < 4.78 is 1.92. The molecular weight excluding hydrogens is 292 g/mol. The predicted octanol–water partition coefficient (Wildman–Crippen LogP) is 1.80. The van der Waals surface area contributed by atoms with Gasteiger partial charge in [0.15, 0.2) is 0 Å². The van der Waals surface area contributed by atoms with Gasteiger partial charge in [0.2, 0.25) is 0 Å². The van der Waals surface area contributed by atoms with Crippen molar-refractivity contribution in [2.24, 2.45) is 0 Å². The molecule has 0 atom stereocenters. The number of fused-ring (bicyclic) bond motifs is 3. The summed E-state index contributed by atoms with van der Waals surface area (Å²) in [7, 11) is 0. The topological polar surface area (TPSA) is 106 Å². The van der Waals surface area contributed by atoms with Crippen molar-refractivity contribution in [3.8, 4) is 5.69 Å². The molecule has 0 radical (unpaired) electrons. The van der Waals surface area contributed by atoms with Crippen molar-refractivity contribution in [1.29, 1.82) is 0 Å². The molecule has 23 heavy (non-hydrogen) atoms. The number of aliphatic hydroxyl groups excluding tert-OH is 1. The minimum atomic E-state index is 0.139. The molecule has 0 fully saturated rings. The lowest BCUT2D eigenvalue weighted by Crippen LogP contribution is -1.95. The Morgan fingerprint density at radius 2 is 2.17 bits per heavy atom. The first-order chi connectivity index (χ1) is 11.3. The molecule has 0 aliphatic heterocycles. The maximum Gasteiger partial charge on any atom is 0.150 e. The average Bonchev–Trinajstić information content (AvgIpc) is 3.22. The Morgan fingerprint density at radius 1 is 1.26 bits per heavy atom. The summed E-state index contributed by atoms with van der Waals surface area (Å²) in [6.45, 7) is 0.139. The second-order valence-corrected chi connectivity index (χ2v) is 5.40. The highest BCUT2D eigenvalue weighted by Gasteiger charge is 2.12. The summed E-state index contributed by atoms with van der Waals surface area (Å²) in [5, 5.41) is 9.91. The molecule has 0 spiro atoms. The predicted molar refractivity (Wildman–Crippen MR) is 88.3 cm³/mol. The molecule has 7 heteroatoms. The maximum atomic E-state index is 8.96. The molecule has 0 bridgehead atoms. The first kappa shape index (κ1) is 13.7. The Hall–Kier alpha value is -2.93. The smallest absolute Gasteiger partial charge is 0.150 e. The lowest BCUT2D eigenvalue weighted by Gasteiger charge is -2.05. The molecule has 0 aliphatic rings. The number of imidazole rings is 2. The fourth-order valence-corrected chi connectivity index (χ4v) is 2.74. The summed E-state index contributed by atoms with van der Waals surface area (Å²) in [5.41, 5.74) is 9.41. The fraction of sp³-hybridized carbons (Fsp3) is 0.188. The zero-order chi connectivity index (χ0) is 15.8. The monoisotopic (exact) mass is 308 g/mol. The van der Waals surface area contributed by atoms with Gasteiger partial charge in [0, 0.05) is 36.5 Å². The summed E-state index contributed by atoms with van der Waals surface area (Å²) >= 11 is 0. The summed E-state index contributed by atoms with van der Waals surface area (Å²) in [6, 6.07) is 5.97. The first-order valence-electron chi connectivity index (χ1n) is 7.43. The maximum absolute atomic E-state index is 8.96. The Labute approximate surface area is 131 Å². The number of nitrogen functional groups attached to an aromatic ring is 1. The number of rotatable bonds is 4. The summed E-state index contributed by atoms with van der Waals surface area (Å²) in [5.74, 6) is 1.24. The zero-order valence-electron chi connectivity index (χ0n) is 12.4. The Kier molecular flexibility index (Phi) is 3.20. The molecular formula is C16H16N6O. The lowest BCUT2D eigenvalue weighted by molar-refractivity contribution is 0.287. The van der Waals surface area contributed by atoms with Crippen LogP contribution in [0.15, 0.2) is 36.9 Å². The Balaban J connectivity index is 1.89. The van der Waals surface area contributed by atoms with E-state index in [1.54, 1.807) is 12.5 Å². The van der Waals surface area contributed by atoms with E-state index >= 15 is 0 Å². The largest absolute Gasteiger partial charge is 0.396 e. The quantitative estimate of drug-likeness (QED) is 0.533. The van der Waals surface area contributed by atoms with E-state index in [9.17, 15) is 0 Å².